The number of benzene rings is 1. The van der Waals surface area contributed by atoms with Crippen LogP contribution in [0.3, 0.4) is 0 Å². The highest BCUT2D eigenvalue weighted by Gasteiger charge is 2.30. The van der Waals surface area contributed by atoms with E-state index in [2.05, 4.69) is 56.8 Å². The van der Waals surface area contributed by atoms with Crippen molar-refractivity contribution in [3.05, 3.63) is 52.8 Å². The van der Waals surface area contributed by atoms with Gasteiger partial charge in [0.05, 0.1) is 12.2 Å². The zero-order valence-electron chi connectivity index (χ0n) is 16.1. The molecule has 0 spiro atoms. The van der Waals surface area contributed by atoms with E-state index in [1.54, 1.807) is 6.20 Å². The number of rotatable bonds is 6. The number of guanidine groups is 1. The van der Waals surface area contributed by atoms with Gasteiger partial charge in [-0.1, -0.05) is 23.7 Å². The van der Waals surface area contributed by atoms with Crippen LogP contribution in [0.15, 0.2) is 41.5 Å². The number of halogens is 1. The van der Waals surface area contributed by atoms with Crippen LogP contribution in [0.25, 0.3) is 0 Å². The predicted molar refractivity (Wildman–Crippen MR) is 111 cm³/mol. The number of likely N-dealkylation sites (tertiary alicyclic amines) is 1. The average molecular weight is 389 g/mol. The van der Waals surface area contributed by atoms with Gasteiger partial charge in [-0.05, 0) is 63.0 Å². The number of hydrogen-bond donors (Lipinski definition) is 3. The van der Waals surface area contributed by atoms with Crippen LogP contribution < -0.4 is 10.6 Å². The summed E-state index contributed by atoms with van der Waals surface area (Å²) < 4.78 is 0. The van der Waals surface area contributed by atoms with E-state index in [0.29, 0.717) is 18.5 Å². The Labute approximate surface area is 166 Å². The lowest BCUT2D eigenvalue weighted by molar-refractivity contribution is 0.122. The number of H-pyrrole nitrogens is 1. The van der Waals surface area contributed by atoms with Crippen molar-refractivity contribution < 1.29 is 0 Å². The molecule has 7 heteroatoms. The predicted octanol–water partition coefficient (Wildman–Crippen LogP) is 3.20. The minimum atomic E-state index is 0.362. The number of aromatic nitrogens is 2. The van der Waals surface area contributed by atoms with Gasteiger partial charge >= 0.3 is 0 Å². The third kappa shape index (κ3) is 5.47. The third-order valence-corrected chi connectivity index (χ3v) is 5.27. The molecule has 1 saturated heterocycles. The molecule has 3 rings (SSSR count). The molecule has 1 aliphatic rings. The minimum Gasteiger partial charge on any atom is -0.357 e. The second kappa shape index (κ2) is 9.76. The van der Waals surface area contributed by atoms with E-state index < -0.39 is 0 Å². The molecule has 27 heavy (non-hydrogen) atoms. The molecule has 2 atom stereocenters. The molecule has 2 aromatic rings. The summed E-state index contributed by atoms with van der Waals surface area (Å²) in [5.74, 6) is 1.34. The van der Waals surface area contributed by atoms with Crippen molar-refractivity contribution in [2.75, 3.05) is 26.7 Å². The second-order valence-corrected chi connectivity index (χ2v) is 7.48. The average Bonchev–Trinajstić information content (AvgIpc) is 3.17. The summed E-state index contributed by atoms with van der Waals surface area (Å²) in [5, 5.41) is 14.6. The number of aromatic amines is 1. The summed E-state index contributed by atoms with van der Waals surface area (Å²) in [6.07, 6.45) is 4.15. The third-order valence-electron chi connectivity index (χ3n) is 5.04. The summed E-state index contributed by atoms with van der Waals surface area (Å²) in [6, 6.07) is 10.6. The molecule has 1 aromatic heterocycles. The fourth-order valence-electron chi connectivity index (χ4n) is 3.80. The fraction of sp³-hybridized carbons (Fsp3) is 0.500. The van der Waals surface area contributed by atoms with Crippen LogP contribution in [0.2, 0.25) is 5.02 Å². The number of aliphatic imine (C=N–C) groups is 1. The van der Waals surface area contributed by atoms with Crippen LogP contribution in [0, 0.1) is 5.92 Å². The van der Waals surface area contributed by atoms with E-state index in [-0.39, 0.29) is 0 Å². The molecule has 0 bridgehead atoms. The van der Waals surface area contributed by atoms with E-state index in [1.807, 2.05) is 18.2 Å². The van der Waals surface area contributed by atoms with Crippen LogP contribution in [0.4, 0.5) is 0 Å². The molecule has 0 radical (unpaired) electrons. The van der Waals surface area contributed by atoms with E-state index in [1.165, 1.54) is 18.4 Å². The number of nitrogens with zero attached hydrogens (tertiary/aromatic N) is 3. The first-order chi connectivity index (χ1) is 13.2. The van der Waals surface area contributed by atoms with Crippen molar-refractivity contribution in [1.29, 1.82) is 0 Å². The highest BCUT2D eigenvalue weighted by atomic mass is 35.5. The van der Waals surface area contributed by atoms with Crippen LogP contribution in [-0.2, 0) is 6.54 Å². The Morgan fingerprint density at radius 2 is 2.26 bits per heavy atom. The van der Waals surface area contributed by atoms with Crippen LogP contribution in [-0.4, -0.2) is 47.7 Å². The summed E-state index contributed by atoms with van der Waals surface area (Å²) in [5.41, 5.74) is 2.29. The molecule has 2 unspecified atom stereocenters. The summed E-state index contributed by atoms with van der Waals surface area (Å²) in [6.45, 7) is 5.48. The maximum Gasteiger partial charge on any atom is 0.191 e. The zero-order valence-corrected chi connectivity index (χ0v) is 16.8. The SMILES string of the molecule is CCNC(=NCc1ccn[nH]1)NCC1CCCN(C)C1c1cccc(Cl)c1. The van der Waals surface area contributed by atoms with Gasteiger partial charge in [0, 0.05) is 30.4 Å². The Balaban J connectivity index is 1.68. The van der Waals surface area contributed by atoms with Gasteiger partial charge in [0.25, 0.3) is 0 Å². The maximum atomic E-state index is 6.25. The first kappa shape index (κ1) is 19.7. The molecule has 6 nitrogen and oxygen atoms in total. The lowest BCUT2D eigenvalue weighted by atomic mass is 9.85. The van der Waals surface area contributed by atoms with Crippen molar-refractivity contribution in [3.63, 3.8) is 0 Å². The van der Waals surface area contributed by atoms with Gasteiger partial charge in [0.2, 0.25) is 0 Å². The Kier molecular flexibility index (Phi) is 7.12. The molecule has 3 N–H and O–H groups in total. The molecule has 1 fully saturated rings. The largest absolute Gasteiger partial charge is 0.357 e. The Hall–Kier alpha value is -2.05. The van der Waals surface area contributed by atoms with Gasteiger partial charge in [-0.2, -0.15) is 5.10 Å². The van der Waals surface area contributed by atoms with Gasteiger partial charge in [0.1, 0.15) is 0 Å². The van der Waals surface area contributed by atoms with Gasteiger partial charge in [-0.25, -0.2) is 4.99 Å². The van der Waals surface area contributed by atoms with Crippen molar-refractivity contribution >= 4 is 17.6 Å². The van der Waals surface area contributed by atoms with E-state index in [0.717, 1.165) is 36.3 Å². The molecule has 0 amide bonds. The van der Waals surface area contributed by atoms with Gasteiger partial charge in [0.15, 0.2) is 5.96 Å². The molecule has 1 aliphatic heterocycles. The summed E-state index contributed by atoms with van der Waals surface area (Å²) >= 11 is 6.25. The van der Waals surface area contributed by atoms with Crippen molar-refractivity contribution in [3.8, 4) is 0 Å². The fourth-order valence-corrected chi connectivity index (χ4v) is 4.00. The summed E-state index contributed by atoms with van der Waals surface area (Å²) in [4.78, 5) is 7.10. The smallest absolute Gasteiger partial charge is 0.191 e. The topological polar surface area (TPSA) is 68.3 Å². The first-order valence-electron chi connectivity index (χ1n) is 9.63. The highest BCUT2D eigenvalue weighted by molar-refractivity contribution is 6.30. The first-order valence-corrected chi connectivity index (χ1v) is 10.0. The number of piperidine rings is 1. The molecular formula is C20H29ClN6. The van der Waals surface area contributed by atoms with Crippen molar-refractivity contribution in [2.24, 2.45) is 10.9 Å². The zero-order chi connectivity index (χ0) is 19.1. The quantitative estimate of drug-likeness (QED) is 0.525. The van der Waals surface area contributed by atoms with Crippen molar-refractivity contribution in [1.82, 2.24) is 25.7 Å². The lowest BCUT2D eigenvalue weighted by Crippen LogP contribution is -2.45. The molecule has 2 heterocycles. The molecule has 1 aromatic carbocycles. The highest BCUT2D eigenvalue weighted by Crippen LogP contribution is 2.35. The molecular weight excluding hydrogens is 360 g/mol. The Morgan fingerprint density at radius 1 is 1.37 bits per heavy atom. The van der Waals surface area contributed by atoms with Gasteiger partial charge < -0.3 is 10.6 Å². The van der Waals surface area contributed by atoms with E-state index >= 15 is 0 Å². The molecule has 0 saturated carbocycles. The van der Waals surface area contributed by atoms with Crippen molar-refractivity contribution in [2.45, 2.75) is 32.4 Å². The van der Waals surface area contributed by atoms with Gasteiger partial charge in [-0.3, -0.25) is 10.00 Å². The molecule has 0 aliphatic carbocycles. The number of nitrogens with one attached hydrogen (secondary N) is 3. The monoisotopic (exact) mass is 388 g/mol. The van der Waals surface area contributed by atoms with Crippen LogP contribution in [0.1, 0.15) is 37.1 Å². The normalized spacial score (nSPS) is 21.2. The van der Waals surface area contributed by atoms with Gasteiger partial charge in [-0.15, -0.1) is 0 Å². The summed E-state index contributed by atoms with van der Waals surface area (Å²) in [7, 11) is 2.20. The Bertz CT molecular complexity index is 730. The maximum absolute atomic E-state index is 6.25. The minimum absolute atomic E-state index is 0.362. The Morgan fingerprint density at radius 3 is 3.00 bits per heavy atom. The van der Waals surface area contributed by atoms with E-state index in [4.69, 9.17) is 11.6 Å². The van der Waals surface area contributed by atoms with Crippen LogP contribution >= 0.6 is 11.6 Å². The number of hydrogen-bond acceptors (Lipinski definition) is 3. The second-order valence-electron chi connectivity index (χ2n) is 7.04. The van der Waals surface area contributed by atoms with E-state index in [9.17, 15) is 0 Å². The standard InChI is InChI=1S/C20H29ClN6/c1-3-22-20(24-14-18-9-10-25-26-18)23-13-16-7-5-11-27(2)19(16)15-6-4-8-17(21)12-15/h4,6,8-10,12,16,19H,3,5,7,11,13-14H2,1-2H3,(H,25,26)(H2,22,23,24). The lowest BCUT2D eigenvalue weighted by Gasteiger charge is -2.40. The molecule has 146 valence electrons. The van der Waals surface area contributed by atoms with Crippen LogP contribution in [0.5, 0.6) is 0 Å².